The maximum atomic E-state index is 11.7. The van der Waals surface area contributed by atoms with Crippen LogP contribution in [0.25, 0.3) is 10.9 Å². The van der Waals surface area contributed by atoms with Gasteiger partial charge in [-0.15, -0.1) is 6.58 Å². The first kappa shape index (κ1) is 22.9. The van der Waals surface area contributed by atoms with Crippen molar-refractivity contribution in [1.29, 1.82) is 5.26 Å². The highest BCUT2D eigenvalue weighted by molar-refractivity contribution is 14.1. The van der Waals surface area contributed by atoms with Crippen molar-refractivity contribution in [2.45, 2.75) is 31.5 Å². The van der Waals surface area contributed by atoms with Crippen LogP contribution in [0.1, 0.15) is 35.6 Å². The molecule has 1 fully saturated rings. The van der Waals surface area contributed by atoms with Gasteiger partial charge in [0.25, 0.3) is 0 Å². The van der Waals surface area contributed by atoms with Crippen molar-refractivity contribution in [2.75, 3.05) is 11.0 Å². The fraction of sp³-hybridized carbons (Fsp3) is 0.333. The van der Waals surface area contributed by atoms with E-state index in [1.54, 1.807) is 6.20 Å². The highest BCUT2D eigenvalue weighted by atomic mass is 127. The minimum atomic E-state index is -0.639. The first-order valence-electron chi connectivity index (χ1n) is 11.1. The van der Waals surface area contributed by atoms with Gasteiger partial charge >= 0.3 is 0 Å². The number of halogens is 1. The van der Waals surface area contributed by atoms with E-state index in [2.05, 4.69) is 51.2 Å². The van der Waals surface area contributed by atoms with E-state index in [9.17, 15) is 10.4 Å². The number of alkyl halides is 1. The fourth-order valence-electron chi connectivity index (χ4n) is 4.94. The van der Waals surface area contributed by atoms with Crippen LogP contribution in [0.5, 0.6) is 0 Å². The summed E-state index contributed by atoms with van der Waals surface area (Å²) in [5, 5.41) is 22.3. The Morgan fingerprint density at radius 2 is 2.00 bits per heavy atom. The van der Waals surface area contributed by atoms with E-state index >= 15 is 0 Å². The third-order valence-electron chi connectivity index (χ3n) is 6.76. The zero-order valence-electron chi connectivity index (χ0n) is 18.1. The molecule has 3 aromatic rings. The summed E-state index contributed by atoms with van der Waals surface area (Å²) >= 11 is 2.44. The Bertz CT molecular complexity index is 1120. The molecule has 0 amide bonds. The predicted molar refractivity (Wildman–Crippen MR) is 137 cm³/mol. The number of hydrogen-bond acceptors (Lipinski definition) is 4. The molecule has 1 saturated heterocycles. The Balaban J connectivity index is 1.69. The van der Waals surface area contributed by atoms with Gasteiger partial charge in [0, 0.05) is 28.6 Å². The van der Waals surface area contributed by atoms with E-state index in [-0.39, 0.29) is 6.04 Å². The maximum absolute atomic E-state index is 11.7. The van der Waals surface area contributed by atoms with Gasteiger partial charge in [-0.1, -0.05) is 65.1 Å². The molecule has 164 valence electrons. The lowest BCUT2D eigenvalue weighted by atomic mass is 9.79. The number of fused-ring (bicyclic) bond motifs is 1. The molecule has 0 radical (unpaired) electrons. The first-order chi connectivity index (χ1) is 15.7. The van der Waals surface area contributed by atoms with Crippen molar-refractivity contribution < 1.29 is 5.11 Å². The van der Waals surface area contributed by atoms with E-state index in [0.717, 1.165) is 45.8 Å². The van der Waals surface area contributed by atoms with Crippen LogP contribution in [0, 0.1) is 23.2 Å². The van der Waals surface area contributed by atoms with Gasteiger partial charge in [-0.3, -0.25) is 9.88 Å². The number of rotatable bonds is 7. The number of aromatic nitrogens is 1. The number of para-hydroxylation sites is 1. The second kappa shape index (κ2) is 10.6. The van der Waals surface area contributed by atoms with Crippen molar-refractivity contribution in [1.82, 2.24) is 9.88 Å². The molecule has 0 saturated carbocycles. The lowest BCUT2D eigenvalue weighted by Crippen LogP contribution is -2.47. The number of nitrogens with zero attached hydrogens (tertiary/aromatic N) is 3. The summed E-state index contributed by atoms with van der Waals surface area (Å²) < 4.78 is 1.03. The Labute approximate surface area is 203 Å². The van der Waals surface area contributed by atoms with E-state index in [0.29, 0.717) is 23.9 Å². The lowest BCUT2D eigenvalue weighted by Gasteiger charge is -2.43. The SMILES string of the molecule is C=C[C@@H](CI)[C@H]1CCN(Cc2ccccc2C#N)[C@H]([C@H](O)c2ccnc3ccccc23)C1. The van der Waals surface area contributed by atoms with Crippen molar-refractivity contribution in [2.24, 2.45) is 11.8 Å². The van der Waals surface area contributed by atoms with Crippen LogP contribution in [0.4, 0.5) is 0 Å². The molecule has 2 heterocycles. The van der Waals surface area contributed by atoms with Gasteiger partial charge in [0.05, 0.1) is 23.3 Å². The largest absolute Gasteiger partial charge is 0.387 e. The zero-order valence-corrected chi connectivity index (χ0v) is 20.2. The average Bonchev–Trinajstić information content (AvgIpc) is 2.85. The predicted octanol–water partition coefficient (Wildman–Crippen LogP) is 5.66. The molecule has 4 nitrogen and oxygen atoms in total. The molecule has 1 aliphatic heterocycles. The molecule has 32 heavy (non-hydrogen) atoms. The molecule has 4 rings (SSSR count). The maximum Gasteiger partial charge on any atom is 0.0995 e. The molecule has 0 unspecified atom stereocenters. The molecule has 1 aromatic heterocycles. The third kappa shape index (κ3) is 4.73. The van der Waals surface area contributed by atoms with Gasteiger partial charge < -0.3 is 5.11 Å². The summed E-state index contributed by atoms with van der Waals surface area (Å²) in [6.07, 6.45) is 5.18. The summed E-state index contributed by atoms with van der Waals surface area (Å²) in [6, 6.07) is 20.0. The zero-order chi connectivity index (χ0) is 22.5. The van der Waals surface area contributed by atoms with Crippen LogP contribution in [-0.2, 0) is 6.54 Å². The molecule has 1 N–H and O–H groups in total. The van der Waals surface area contributed by atoms with Crippen LogP contribution >= 0.6 is 22.6 Å². The number of allylic oxidation sites excluding steroid dienone is 1. The Kier molecular flexibility index (Phi) is 7.56. The molecule has 1 aliphatic rings. The van der Waals surface area contributed by atoms with Crippen LogP contribution in [-0.4, -0.2) is 32.0 Å². The summed E-state index contributed by atoms with van der Waals surface area (Å²) in [5.41, 5.74) is 3.53. The van der Waals surface area contributed by atoms with Crippen LogP contribution < -0.4 is 0 Å². The molecule has 0 bridgehead atoms. The van der Waals surface area contributed by atoms with E-state index in [1.807, 2.05) is 54.6 Å². The Morgan fingerprint density at radius 1 is 1.22 bits per heavy atom. The number of benzene rings is 2. The van der Waals surface area contributed by atoms with Gasteiger partial charge in [-0.05, 0) is 60.5 Å². The normalized spacial score (nSPS) is 21.0. The van der Waals surface area contributed by atoms with Crippen molar-refractivity contribution in [3.05, 3.63) is 90.1 Å². The van der Waals surface area contributed by atoms with Crippen molar-refractivity contribution in [3.8, 4) is 6.07 Å². The molecule has 2 aromatic carbocycles. The number of aliphatic hydroxyl groups is 1. The van der Waals surface area contributed by atoms with E-state index in [1.165, 1.54) is 0 Å². The minimum Gasteiger partial charge on any atom is -0.387 e. The average molecular weight is 537 g/mol. The second-order valence-electron chi connectivity index (χ2n) is 8.51. The van der Waals surface area contributed by atoms with Crippen molar-refractivity contribution >= 4 is 33.5 Å². The fourth-order valence-corrected chi connectivity index (χ4v) is 6.02. The number of likely N-dealkylation sites (tertiary alicyclic amines) is 1. The number of piperidine rings is 1. The van der Waals surface area contributed by atoms with Gasteiger partial charge in [0.2, 0.25) is 0 Å². The van der Waals surface area contributed by atoms with Gasteiger partial charge in [-0.2, -0.15) is 5.26 Å². The first-order valence-corrected chi connectivity index (χ1v) is 12.6. The summed E-state index contributed by atoms with van der Waals surface area (Å²) in [7, 11) is 0. The summed E-state index contributed by atoms with van der Waals surface area (Å²) in [4.78, 5) is 6.83. The Hall–Kier alpha value is -2.27. The Morgan fingerprint density at radius 3 is 2.78 bits per heavy atom. The number of nitriles is 1. The van der Waals surface area contributed by atoms with Crippen LogP contribution in [0.15, 0.2) is 73.4 Å². The van der Waals surface area contributed by atoms with Gasteiger partial charge in [0.15, 0.2) is 0 Å². The van der Waals surface area contributed by atoms with Gasteiger partial charge in [0.1, 0.15) is 0 Å². The minimum absolute atomic E-state index is 0.0447. The standard InChI is InChI=1S/C27H28IN3O/c1-2-19(16-28)20-12-14-31(18-22-8-4-3-7-21(22)17-29)26(15-20)27(32)24-11-13-30-25-10-6-5-9-23(24)25/h2-11,13,19-20,26-27,32H,1,12,14-16,18H2/t19-,20-,26-,27+/m0/s1. The number of hydrogen-bond donors (Lipinski definition) is 1. The van der Waals surface area contributed by atoms with E-state index < -0.39 is 6.10 Å². The molecular weight excluding hydrogens is 509 g/mol. The lowest BCUT2D eigenvalue weighted by molar-refractivity contribution is -0.00163. The molecular formula is C27H28IN3O. The smallest absolute Gasteiger partial charge is 0.0995 e. The van der Waals surface area contributed by atoms with Crippen LogP contribution in [0.3, 0.4) is 0 Å². The van der Waals surface area contributed by atoms with Crippen LogP contribution in [0.2, 0.25) is 0 Å². The van der Waals surface area contributed by atoms with Gasteiger partial charge in [-0.25, -0.2) is 0 Å². The molecule has 0 aliphatic carbocycles. The van der Waals surface area contributed by atoms with Crippen molar-refractivity contribution in [3.63, 3.8) is 0 Å². The second-order valence-corrected chi connectivity index (χ2v) is 9.39. The summed E-state index contributed by atoms with van der Waals surface area (Å²) in [6.45, 7) is 5.60. The highest BCUT2D eigenvalue weighted by Gasteiger charge is 2.36. The molecule has 0 spiro atoms. The quantitative estimate of drug-likeness (QED) is 0.240. The van der Waals surface area contributed by atoms with E-state index in [4.69, 9.17) is 0 Å². The summed E-state index contributed by atoms with van der Waals surface area (Å²) in [5.74, 6) is 0.924. The monoisotopic (exact) mass is 537 g/mol. The number of pyridine rings is 1. The molecule has 5 heteroatoms. The third-order valence-corrected chi connectivity index (χ3v) is 7.78. The number of aliphatic hydroxyl groups excluding tert-OH is 1. The topological polar surface area (TPSA) is 60.2 Å². The molecule has 4 atom stereocenters. The highest BCUT2D eigenvalue weighted by Crippen LogP contribution is 2.38.